The molecule has 0 aromatic heterocycles. The molecular weight excluding hydrogens is 354 g/mol. The minimum atomic E-state index is 0.238. The van der Waals surface area contributed by atoms with Crippen molar-refractivity contribution in [2.75, 3.05) is 39.5 Å². The Kier molecular flexibility index (Phi) is 10.9. The Balaban J connectivity index is 1.69. The quantitative estimate of drug-likeness (QED) is 0.326. The Morgan fingerprint density at radius 2 is 2.14 bits per heavy atom. The van der Waals surface area contributed by atoms with Crippen molar-refractivity contribution in [3.63, 3.8) is 0 Å². The first-order valence-corrected chi connectivity index (χ1v) is 10.5. The smallest absolute Gasteiger partial charge is 0.191 e. The van der Waals surface area contributed by atoms with Crippen LogP contribution in [0.1, 0.15) is 44.7 Å². The molecule has 1 aromatic carbocycles. The van der Waals surface area contributed by atoms with E-state index in [0.29, 0.717) is 19.1 Å². The molecule has 1 aromatic rings. The van der Waals surface area contributed by atoms with Gasteiger partial charge in [0.25, 0.3) is 0 Å². The Bertz CT molecular complexity index is 572. The van der Waals surface area contributed by atoms with Crippen LogP contribution in [-0.4, -0.2) is 51.6 Å². The Morgan fingerprint density at radius 1 is 1.29 bits per heavy atom. The topological polar surface area (TPSA) is 64.1 Å². The number of nitrogens with one attached hydrogen (secondary N) is 2. The molecule has 1 fully saturated rings. The van der Waals surface area contributed by atoms with Crippen LogP contribution in [0.25, 0.3) is 0 Å². The number of guanidine groups is 1. The zero-order valence-electron chi connectivity index (χ0n) is 17.7. The summed E-state index contributed by atoms with van der Waals surface area (Å²) in [5.41, 5.74) is 2.37. The highest BCUT2D eigenvalue weighted by molar-refractivity contribution is 5.79. The molecule has 0 aliphatic carbocycles. The van der Waals surface area contributed by atoms with Crippen LogP contribution in [0.3, 0.4) is 0 Å². The van der Waals surface area contributed by atoms with Gasteiger partial charge in [-0.3, -0.25) is 0 Å². The van der Waals surface area contributed by atoms with Gasteiger partial charge in [-0.2, -0.15) is 0 Å². The molecule has 1 heterocycles. The van der Waals surface area contributed by atoms with Crippen LogP contribution < -0.4 is 10.6 Å². The predicted molar refractivity (Wildman–Crippen MR) is 114 cm³/mol. The number of benzene rings is 1. The van der Waals surface area contributed by atoms with E-state index < -0.39 is 0 Å². The molecule has 1 saturated heterocycles. The van der Waals surface area contributed by atoms with Gasteiger partial charge in [-0.05, 0) is 44.7 Å². The fourth-order valence-corrected chi connectivity index (χ4v) is 2.94. The minimum absolute atomic E-state index is 0.238. The van der Waals surface area contributed by atoms with Gasteiger partial charge < -0.3 is 24.8 Å². The molecule has 1 aliphatic heterocycles. The van der Waals surface area contributed by atoms with Crippen LogP contribution in [-0.2, 0) is 27.4 Å². The number of hydrogen-bond acceptors (Lipinski definition) is 4. The lowest BCUT2D eigenvalue weighted by Gasteiger charge is -2.12. The Morgan fingerprint density at radius 3 is 2.89 bits per heavy atom. The fraction of sp³-hybridized carbons (Fsp3) is 0.682. The van der Waals surface area contributed by atoms with E-state index in [2.05, 4.69) is 55.7 Å². The molecule has 0 bridgehead atoms. The second-order valence-corrected chi connectivity index (χ2v) is 7.46. The maximum absolute atomic E-state index is 5.75. The van der Waals surface area contributed by atoms with Crippen molar-refractivity contribution in [2.45, 2.75) is 52.9 Å². The zero-order valence-corrected chi connectivity index (χ0v) is 17.7. The van der Waals surface area contributed by atoms with Crippen LogP contribution in [0.2, 0.25) is 0 Å². The van der Waals surface area contributed by atoms with E-state index in [-0.39, 0.29) is 6.10 Å². The van der Waals surface area contributed by atoms with Crippen LogP contribution in [0.5, 0.6) is 0 Å². The second kappa shape index (κ2) is 13.5. The summed E-state index contributed by atoms with van der Waals surface area (Å²) in [4.78, 5) is 4.70. The molecule has 6 heteroatoms. The third-order valence-corrected chi connectivity index (χ3v) is 4.47. The first-order valence-electron chi connectivity index (χ1n) is 10.5. The molecule has 1 unspecified atom stereocenters. The van der Waals surface area contributed by atoms with E-state index in [9.17, 15) is 0 Å². The SMILES string of the molecule is CCNC(=NCc1cccc(COC(C)C)c1)NCCCOCC1CCOC1. The third kappa shape index (κ3) is 9.53. The summed E-state index contributed by atoms with van der Waals surface area (Å²) in [5, 5.41) is 6.68. The molecule has 28 heavy (non-hydrogen) atoms. The molecule has 1 aliphatic rings. The highest BCUT2D eigenvalue weighted by Gasteiger charge is 2.15. The van der Waals surface area contributed by atoms with Crippen molar-refractivity contribution in [3.8, 4) is 0 Å². The van der Waals surface area contributed by atoms with Crippen LogP contribution in [0.15, 0.2) is 29.3 Å². The highest BCUT2D eigenvalue weighted by atomic mass is 16.5. The van der Waals surface area contributed by atoms with Crippen molar-refractivity contribution in [2.24, 2.45) is 10.9 Å². The monoisotopic (exact) mass is 391 g/mol. The van der Waals surface area contributed by atoms with E-state index in [0.717, 1.165) is 58.3 Å². The molecule has 0 spiro atoms. The standard InChI is InChI=1S/C22H37N3O3/c1-4-23-22(24-10-6-11-26-15-21-9-12-27-16-21)25-14-19-7-5-8-20(13-19)17-28-18(2)3/h5,7-8,13,18,21H,4,6,9-12,14-17H2,1-3H3,(H2,23,24,25). The van der Waals surface area contributed by atoms with Crippen LogP contribution in [0, 0.1) is 5.92 Å². The van der Waals surface area contributed by atoms with Gasteiger partial charge in [0, 0.05) is 32.2 Å². The molecule has 0 amide bonds. The average Bonchev–Trinajstić information content (AvgIpc) is 3.21. The van der Waals surface area contributed by atoms with E-state index in [1.165, 1.54) is 11.1 Å². The van der Waals surface area contributed by atoms with Gasteiger partial charge in [0.1, 0.15) is 0 Å². The summed E-state index contributed by atoms with van der Waals surface area (Å²) in [6.45, 7) is 12.4. The lowest BCUT2D eigenvalue weighted by molar-refractivity contribution is 0.0657. The third-order valence-electron chi connectivity index (χ3n) is 4.47. The van der Waals surface area contributed by atoms with E-state index in [1.807, 2.05) is 0 Å². The van der Waals surface area contributed by atoms with Gasteiger partial charge >= 0.3 is 0 Å². The van der Waals surface area contributed by atoms with E-state index in [1.54, 1.807) is 0 Å². The van der Waals surface area contributed by atoms with Crippen molar-refractivity contribution in [1.82, 2.24) is 10.6 Å². The number of aliphatic imine (C=N–C) groups is 1. The van der Waals surface area contributed by atoms with Crippen LogP contribution in [0.4, 0.5) is 0 Å². The van der Waals surface area contributed by atoms with E-state index >= 15 is 0 Å². The molecule has 0 saturated carbocycles. The lowest BCUT2D eigenvalue weighted by Crippen LogP contribution is -2.38. The van der Waals surface area contributed by atoms with Gasteiger partial charge in [-0.15, -0.1) is 0 Å². The molecule has 2 rings (SSSR count). The summed E-state index contributed by atoms with van der Waals surface area (Å²) in [5.74, 6) is 1.42. The largest absolute Gasteiger partial charge is 0.381 e. The van der Waals surface area contributed by atoms with Gasteiger partial charge in [-0.1, -0.05) is 24.3 Å². The molecule has 158 valence electrons. The summed E-state index contributed by atoms with van der Waals surface area (Å²) >= 11 is 0. The van der Waals surface area contributed by atoms with Crippen molar-refractivity contribution < 1.29 is 14.2 Å². The molecule has 2 N–H and O–H groups in total. The molecule has 0 radical (unpaired) electrons. The van der Waals surface area contributed by atoms with Crippen molar-refractivity contribution in [3.05, 3.63) is 35.4 Å². The maximum atomic E-state index is 5.75. The summed E-state index contributed by atoms with van der Waals surface area (Å²) in [7, 11) is 0. The first kappa shape index (κ1) is 22.7. The first-order chi connectivity index (χ1) is 13.7. The number of ether oxygens (including phenoxy) is 3. The predicted octanol–water partition coefficient (Wildman–Crippen LogP) is 3.11. The van der Waals surface area contributed by atoms with Gasteiger partial charge in [-0.25, -0.2) is 4.99 Å². The number of hydrogen-bond donors (Lipinski definition) is 2. The number of nitrogens with zero attached hydrogens (tertiary/aromatic N) is 1. The second-order valence-electron chi connectivity index (χ2n) is 7.46. The Labute approximate surface area is 170 Å². The fourth-order valence-electron chi connectivity index (χ4n) is 2.94. The summed E-state index contributed by atoms with van der Waals surface area (Å²) in [6, 6.07) is 8.43. The Hall–Kier alpha value is -1.63. The molecular formula is C22H37N3O3. The van der Waals surface area contributed by atoms with E-state index in [4.69, 9.17) is 19.2 Å². The van der Waals surface area contributed by atoms with Crippen molar-refractivity contribution >= 4 is 5.96 Å². The van der Waals surface area contributed by atoms with Gasteiger partial charge in [0.2, 0.25) is 0 Å². The zero-order chi connectivity index (χ0) is 20.0. The average molecular weight is 392 g/mol. The lowest BCUT2D eigenvalue weighted by atomic mass is 10.1. The van der Waals surface area contributed by atoms with Gasteiger partial charge in [0.15, 0.2) is 5.96 Å². The number of rotatable bonds is 12. The van der Waals surface area contributed by atoms with Crippen LogP contribution >= 0.6 is 0 Å². The summed E-state index contributed by atoms with van der Waals surface area (Å²) < 4.78 is 16.8. The highest BCUT2D eigenvalue weighted by Crippen LogP contribution is 2.12. The minimum Gasteiger partial charge on any atom is -0.381 e. The normalized spacial score (nSPS) is 17.3. The van der Waals surface area contributed by atoms with Gasteiger partial charge in [0.05, 0.1) is 32.5 Å². The summed E-state index contributed by atoms with van der Waals surface area (Å²) in [6.07, 6.45) is 2.32. The molecule has 6 nitrogen and oxygen atoms in total. The van der Waals surface area contributed by atoms with Crippen molar-refractivity contribution in [1.29, 1.82) is 0 Å². The molecule has 1 atom stereocenters. The maximum Gasteiger partial charge on any atom is 0.191 e.